The Hall–Kier alpha value is -2.94. The molecule has 3 aromatic rings. The molecule has 0 spiro atoms. The number of benzene rings is 3. The maximum atomic E-state index is 14.2. The number of nitrogens with one attached hydrogen (secondary N) is 1. The second-order valence-electron chi connectivity index (χ2n) is 8.19. The van der Waals surface area contributed by atoms with Gasteiger partial charge in [0.2, 0.25) is 5.91 Å². The molecule has 1 aliphatic carbocycles. The molecule has 0 unspecified atom stereocenters. The monoisotopic (exact) mass is 694 g/mol. The zero-order valence-corrected chi connectivity index (χ0v) is 24.2. The summed E-state index contributed by atoms with van der Waals surface area (Å²) in [6, 6.07) is 18.2. The van der Waals surface area contributed by atoms with E-state index in [0.717, 1.165) is 39.0 Å². The number of ether oxygens (including phenoxy) is 2. The SMILES string of the molecule is [CH2-]c1c(OC)cc(C=C2C(C)=C(CC(=O)NCc3ccccc3)c3cc(F)ccc32)cc1OC.[U]. The summed E-state index contributed by atoms with van der Waals surface area (Å²) in [6.45, 7) is 6.43. The molecule has 0 fully saturated rings. The number of amides is 1. The quantitative estimate of drug-likeness (QED) is 0.306. The Balaban J connectivity index is 0.00000342. The van der Waals surface area contributed by atoms with Gasteiger partial charge in [0, 0.05) is 49.2 Å². The van der Waals surface area contributed by atoms with E-state index in [1.165, 1.54) is 12.1 Å². The van der Waals surface area contributed by atoms with Gasteiger partial charge in [0.15, 0.2) is 0 Å². The van der Waals surface area contributed by atoms with E-state index in [9.17, 15) is 9.18 Å². The number of carbonyl (C=O) groups is 1. The van der Waals surface area contributed by atoms with E-state index >= 15 is 0 Å². The van der Waals surface area contributed by atoms with Crippen molar-refractivity contribution in [3.05, 3.63) is 107 Å². The van der Waals surface area contributed by atoms with Crippen molar-refractivity contribution >= 4 is 23.1 Å². The van der Waals surface area contributed by atoms with Crippen LogP contribution in [0.2, 0.25) is 0 Å². The Labute approximate surface area is 229 Å². The van der Waals surface area contributed by atoms with Crippen molar-refractivity contribution in [3.63, 3.8) is 0 Å². The summed E-state index contributed by atoms with van der Waals surface area (Å²) in [5, 5.41) is 2.97. The first-order valence-corrected chi connectivity index (χ1v) is 11.0. The molecule has 1 amide bonds. The van der Waals surface area contributed by atoms with Crippen LogP contribution in [0.25, 0.3) is 17.2 Å². The van der Waals surface area contributed by atoms with Crippen LogP contribution in [0.5, 0.6) is 11.5 Å². The molecule has 0 radical (unpaired) electrons. The first kappa shape index (κ1) is 26.7. The molecule has 0 saturated heterocycles. The molecule has 35 heavy (non-hydrogen) atoms. The standard InChI is InChI=1S/C29H27FNO3.U/c1-18-24(12-21-13-27(33-3)19(2)28(14-21)34-4)23-11-10-22(30)15-26(23)25(18)16-29(32)31-17-20-8-6-5-7-9-20;/h5-15H,2,16-17H2,1,3-4H3,(H,31,32);/q-1;. The fourth-order valence-corrected chi connectivity index (χ4v) is 4.26. The van der Waals surface area contributed by atoms with Crippen LogP contribution >= 0.6 is 0 Å². The van der Waals surface area contributed by atoms with Gasteiger partial charge in [0.25, 0.3) is 0 Å². The van der Waals surface area contributed by atoms with E-state index in [2.05, 4.69) is 12.2 Å². The van der Waals surface area contributed by atoms with Gasteiger partial charge in [-0.25, -0.2) is 4.39 Å². The predicted molar refractivity (Wildman–Crippen MR) is 134 cm³/mol. The van der Waals surface area contributed by atoms with E-state index in [4.69, 9.17) is 9.47 Å². The second kappa shape index (κ2) is 11.7. The van der Waals surface area contributed by atoms with Crippen molar-refractivity contribution in [3.8, 4) is 11.5 Å². The van der Waals surface area contributed by atoms with Gasteiger partial charge in [-0.1, -0.05) is 48.5 Å². The number of fused-ring (bicyclic) bond motifs is 1. The summed E-state index contributed by atoms with van der Waals surface area (Å²) in [5.74, 6) is 0.788. The van der Waals surface area contributed by atoms with Crippen molar-refractivity contribution in [1.82, 2.24) is 5.32 Å². The summed E-state index contributed by atoms with van der Waals surface area (Å²) >= 11 is 0. The Bertz CT molecular complexity index is 1270. The number of halogens is 1. The number of carbonyl (C=O) groups excluding carboxylic acids is 1. The average molecular weight is 695 g/mol. The number of hydrogen-bond donors (Lipinski definition) is 1. The van der Waals surface area contributed by atoms with Gasteiger partial charge in [-0.15, -0.1) is 5.56 Å². The Kier molecular flexibility index (Phi) is 8.88. The smallest absolute Gasteiger partial charge is 0.224 e. The van der Waals surface area contributed by atoms with E-state index in [-0.39, 0.29) is 49.3 Å². The molecule has 0 bridgehead atoms. The molecule has 0 aliphatic heterocycles. The van der Waals surface area contributed by atoms with Crippen LogP contribution < -0.4 is 14.8 Å². The molecule has 3 aromatic carbocycles. The van der Waals surface area contributed by atoms with Crippen LogP contribution in [0.15, 0.2) is 66.2 Å². The topological polar surface area (TPSA) is 47.6 Å². The zero-order chi connectivity index (χ0) is 24.2. The molecule has 4 rings (SSSR count). The Morgan fingerprint density at radius 2 is 1.66 bits per heavy atom. The first-order chi connectivity index (χ1) is 16.4. The molecule has 0 saturated carbocycles. The van der Waals surface area contributed by atoms with Crippen LogP contribution in [-0.2, 0) is 11.3 Å². The summed E-state index contributed by atoms with van der Waals surface area (Å²) in [6.07, 6.45) is 2.17. The fourth-order valence-electron chi connectivity index (χ4n) is 4.26. The number of allylic oxidation sites excluding steroid dienone is 2. The van der Waals surface area contributed by atoms with Crippen LogP contribution in [0.1, 0.15) is 41.2 Å². The zero-order valence-electron chi connectivity index (χ0n) is 20.1. The van der Waals surface area contributed by atoms with E-state index < -0.39 is 0 Å². The molecule has 0 atom stereocenters. The van der Waals surface area contributed by atoms with Crippen molar-refractivity contribution in [2.75, 3.05) is 14.2 Å². The third-order valence-electron chi connectivity index (χ3n) is 6.06. The number of hydrogen-bond acceptors (Lipinski definition) is 3. The minimum absolute atomic E-state index is 0. The van der Waals surface area contributed by atoms with E-state index in [1.54, 1.807) is 20.3 Å². The molecule has 178 valence electrons. The van der Waals surface area contributed by atoms with Gasteiger partial charge in [0.05, 0.1) is 20.6 Å². The third kappa shape index (κ3) is 5.83. The molecular formula is C29H27FNO3U-. The van der Waals surface area contributed by atoms with Crippen molar-refractivity contribution < 1.29 is 49.8 Å². The predicted octanol–water partition coefficient (Wildman–Crippen LogP) is 6.06. The van der Waals surface area contributed by atoms with Crippen LogP contribution in [0.3, 0.4) is 0 Å². The third-order valence-corrected chi connectivity index (χ3v) is 6.06. The molecular weight excluding hydrogens is 667 g/mol. The summed E-state index contributed by atoms with van der Waals surface area (Å²) in [7, 11) is 3.18. The summed E-state index contributed by atoms with van der Waals surface area (Å²) in [4.78, 5) is 12.8. The molecule has 1 aliphatic rings. The maximum absolute atomic E-state index is 14.2. The fraction of sp³-hybridized carbons (Fsp3) is 0.172. The van der Waals surface area contributed by atoms with E-state index in [1.807, 2.05) is 55.5 Å². The van der Waals surface area contributed by atoms with Gasteiger partial charge in [0.1, 0.15) is 5.82 Å². The Morgan fingerprint density at radius 1 is 1.00 bits per heavy atom. The number of methoxy groups -OCH3 is 2. The summed E-state index contributed by atoms with van der Waals surface area (Å²) in [5.41, 5.74) is 6.88. The van der Waals surface area contributed by atoms with Gasteiger partial charge < -0.3 is 14.8 Å². The maximum Gasteiger partial charge on any atom is 0.224 e. The minimum atomic E-state index is -0.334. The Morgan fingerprint density at radius 3 is 2.29 bits per heavy atom. The van der Waals surface area contributed by atoms with Crippen LogP contribution in [0.4, 0.5) is 4.39 Å². The average Bonchev–Trinajstić information content (AvgIpc) is 3.09. The molecule has 6 heteroatoms. The molecule has 4 nitrogen and oxygen atoms in total. The second-order valence-corrected chi connectivity index (χ2v) is 8.19. The van der Waals surface area contributed by atoms with Gasteiger partial charge in [-0.3, -0.25) is 4.79 Å². The first-order valence-electron chi connectivity index (χ1n) is 11.0. The van der Waals surface area contributed by atoms with Gasteiger partial charge >= 0.3 is 0 Å². The normalized spacial score (nSPS) is 13.3. The van der Waals surface area contributed by atoms with Gasteiger partial charge in [-0.2, -0.15) is 6.92 Å². The van der Waals surface area contributed by atoms with Crippen molar-refractivity contribution in [1.29, 1.82) is 0 Å². The number of rotatable bonds is 7. The molecule has 0 heterocycles. The summed E-state index contributed by atoms with van der Waals surface area (Å²) < 4.78 is 25.1. The molecule has 1 N–H and O–H groups in total. The molecule has 0 aromatic heterocycles. The van der Waals surface area contributed by atoms with Crippen LogP contribution in [-0.4, -0.2) is 20.1 Å². The van der Waals surface area contributed by atoms with Crippen molar-refractivity contribution in [2.45, 2.75) is 19.9 Å². The van der Waals surface area contributed by atoms with Crippen LogP contribution in [0, 0.1) is 43.9 Å². The van der Waals surface area contributed by atoms with E-state index in [0.29, 0.717) is 23.6 Å². The van der Waals surface area contributed by atoms with Gasteiger partial charge in [-0.05, 0) is 64.1 Å². The minimum Gasteiger partial charge on any atom is -0.553 e. The van der Waals surface area contributed by atoms with Crippen molar-refractivity contribution in [2.24, 2.45) is 0 Å². The largest absolute Gasteiger partial charge is 0.553 e.